The van der Waals surface area contributed by atoms with Crippen molar-refractivity contribution < 1.29 is 38.4 Å². The molecule has 0 radical (unpaired) electrons. The molecule has 0 bridgehead atoms. The van der Waals surface area contributed by atoms with Gasteiger partial charge >= 0.3 is 5.97 Å². The van der Waals surface area contributed by atoms with Crippen molar-refractivity contribution in [1.29, 1.82) is 0 Å². The summed E-state index contributed by atoms with van der Waals surface area (Å²) in [6.45, 7) is 3.76. The van der Waals surface area contributed by atoms with Crippen LogP contribution in [0.3, 0.4) is 0 Å². The zero-order valence-corrected chi connectivity index (χ0v) is 14.8. The first-order valence-electron chi connectivity index (χ1n) is 8.41. The van der Waals surface area contributed by atoms with Gasteiger partial charge in [0.2, 0.25) is 5.91 Å². The van der Waals surface area contributed by atoms with Crippen molar-refractivity contribution in [3.8, 4) is 0 Å². The number of rotatable bonds is 17. The molecule has 1 rings (SSSR count). The fraction of sp³-hybridized carbons (Fsp3) is 0.875. The highest BCUT2D eigenvalue weighted by Gasteiger charge is 2.50. The van der Waals surface area contributed by atoms with E-state index in [0.717, 1.165) is 0 Å². The molecule has 0 aromatic rings. The minimum absolute atomic E-state index is 0.103. The lowest BCUT2D eigenvalue weighted by Crippen LogP contribution is -2.36. The summed E-state index contributed by atoms with van der Waals surface area (Å²) in [5, 5.41) is 11.6. The lowest BCUT2D eigenvalue weighted by Gasteiger charge is -2.11. The Balaban J connectivity index is 1.79. The number of nitrogens with one attached hydrogen (secondary N) is 1. The zero-order chi connectivity index (χ0) is 18.4. The Kier molecular flexibility index (Phi) is 11.3. The fourth-order valence-electron chi connectivity index (χ4n) is 1.90. The standard InChI is InChI=1S/C16H29NO8/c1-21-4-5-22-6-7-23-8-9-24-10-11-25-12-14(18)17-13-16(2-3-16)15(19)20/h2-13H2,1H3,(H,17,18)(H,19,20). The molecule has 0 unspecified atom stereocenters. The topological polar surface area (TPSA) is 113 Å². The first kappa shape index (κ1) is 21.8. The van der Waals surface area contributed by atoms with Crippen LogP contribution in [-0.2, 0) is 33.3 Å². The summed E-state index contributed by atoms with van der Waals surface area (Å²) < 4.78 is 25.8. The average molecular weight is 363 g/mol. The Morgan fingerprint density at radius 2 is 1.36 bits per heavy atom. The van der Waals surface area contributed by atoms with E-state index in [1.165, 1.54) is 0 Å². The maximum absolute atomic E-state index is 11.5. The quantitative estimate of drug-likeness (QED) is 0.338. The van der Waals surface area contributed by atoms with Crippen LogP contribution in [0.5, 0.6) is 0 Å². The predicted octanol–water partition coefficient (Wildman–Crippen LogP) is -0.320. The van der Waals surface area contributed by atoms with Gasteiger partial charge in [-0.3, -0.25) is 9.59 Å². The Morgan fingerprint density at radius 3 is 1.80 bits per heavy atom. The third-order valence-corrected chi connectivity index (χ3v) is 3.71. The second-order valence-corrected chi connectivity index (χ2v) is 5.74. The fourth-order valence-corrected chi connectivity index (χ4v) is 1.90. The molecule has 2 N–H and O–H groups in total. The predicted molar refractivity (Wildman–Crippen MR) is 87.5 cm³/mol. The molecular weight excluding hydrogens is 334 g/mol. The highest BCUT2D eigenvalue weighted by molar-refractivity contribution is 5.81. The molecule has 0 aromatic carbocycles. The number of ether oxygens (including phenoxy) is 5. The summed E-state index contributed by atoms with van der Waals surface area (Å²) in [4.78, 5) is 22.5. The molecule has 0 heterocycles. The van der Waals surface area contributed by atoms with Crippen LogP contribution in [0.2, 0.25) is 0 Å². The molecule has 0 aliphatic heterocycles. The van der Waals surface area contributed by atoms with Crippen LogP contribution in [0.15, 0.2) is 0 Å². The Hall–Kier alpha value is -1.26. The summed E-state index contributed by atoms with van der Waals surface area (Å²) >= 11 is 0. The highest BCUT2D eigenvalue weighted by Crippen LogP contribution is 2.45. The average Bonchev–Trinajstić information content (AvgIpc) is 3.38. The number of carbonyl (C=O) groups is 2. The van der Waals surface area contributed by atoms with E-state index in [-0.39, 0.29) is 25.7 Å². The van der Waals surface area contributed by atoms with Gasteiger partial charge in [0.25, 0.3) is 0 Å². The highest BCUT2D eigenvalue weighted by atomic mass is 16.6. The maximum atomic E-state index is 11.5. The van der Waals surface area contributed by atoms with Gasteiger partial charge in [-0.15, -0.1) is 0 Å². The van der Waals surface area contributed by atoms with E-state index in [4.69, 9.17) is 28.8 Å². The van der Waals surface area contributed by atoms with Crippen LogP contribution < -0.4 is 5.32 Å². The number of aliphatic carboxylic acids is 1. The molecule has 1 saturated carbocycles. The molecule has 0 aromatic heterocycles. The number of methoxy groups -OCH3 is 1. The molecule has 1 aliphatic carbocycles. The van der Waals surface area contributed by atoms with E-state index in [0.29, 0.717) is 59.1 Å². The number of carboxylic acid groups (broad SMARTS) is 1. The minimum atomic E-state index is -0.856. The number of hydrogen-bond acceptors (Lipinski definition) is 7. The molecular formula is C16H29NO8. The van der Waals surface area contributed by atoms with Crippen molar-refractivity contribution >= 4 is 11.9 Å². The lowest BCUT2D eigenvalue weighted by molar-refractivity contribution is -0.143. The van der Waals surface area contributed by atoms with Gasteiger partial charge in [0.1, 0.15) is 6.61 Å². The van der Waals surface area contributed by atoms with E-state index in [9.17, 15) is 9.59 Å². The van der Waals surface area contributed by atoms with Gasteiger partial charge in [0, 0.05) is 13.7 Å². The van der Waals surface area contributed by atoms with Gasteiger partial charge in [0.15, 0.2) is 0 Å². The second kappa shape index (κ2) is 13.0. The van der Waals surface area contributed by atoms with Crippen LogP contribution >= 0.6 is 0 Å². The van der Waals surface area contributed by atoms with E-state index < -0.39 is 11.4 Å². The van der Waals surface area contributed by atoms with Crippen molar-refractivity contribution in [1.82, 2.24) is 5.32 Å². The number of carboxylic acids is 1. The molecule has 1 amide bonds. The summed E-state index contributed by atoms with van der Waals surface area (Å²) in [7, 11) is 1.62. The van der Waals surface area contributed by atoms with Crippen molar-refractivity contribution in [3.05, 3.63) is 0 Å². The van der Waals surface area contributed by atoms with Crippen LogP contribution in [0, 0.1) is 5.41 Å². The molecule has 1 aliphatic rings. The van der Waals surface area contributed by atoms with Crippen LogP contribution in [-0.4, -0.2) is 90.1 Å². The van der Waals surface area contributed by atoms with E-state index in [2.05, 4.69) is 5.32 Å². The largest absolute Gasteiger partial charge is 0.481 e. The Labute approximate surface area is 147 Å². The van der Waals surface area contributed by atoms with Crippen molar-refractivity contribution in [2.45, 2.75) is 12.8 Å². The van der Waals surface area contributed by atoms with E-state index in [1.807, 2.05) is 0 Å². The third kappa shape index (κ3) is 10.4. The molecule has 25 heavy (non-hydrogen) atoms. The lowest BCUT2D eigenvalue weighted by atomic mass is 10.1. The molecule has 0 saturated heterocycles. The number of carbonyl (C=O) groups excluding carboxylic acids is 1. The van der Waals surface area contributed by atoms with Crippen molar-refractivity contribution in [2.24, 2.45) is 5.41 Å². The monoisotopic (exact) mass is 363 g/mol. The van der Waals surface area contributed by atoms with Gasteiger partial charge in [-0.1, -0.05) is 0 Å². The van der Waals surface area contributed by atoms with Gasteiger partial charge in [-0.25, -0.2) is 0 Å². The maximum Gasteiger partial charge on any atom is 0.311 e. The van der Waals surface area contributed by atoms with Crippen LogP contribution in [0.25, 0.3) is 0 Å². The van der Waals surface area contributed by atoms with E-state index >= 15 is 0 Å². The first-order valence-corrected chi connectivity index (χ1v) is 8.41. The van der Waals surface area contributed by atoms with Crippen LogP contribution in [0.1, 0.15) is 12.8 Å². The van der Waals surface area contributed by atoms with Gasteiger partial charge in [-0.05, 0) is 12.8 Å². The summed E-state index contributed by atoms with van der Waals surface area (Å²) in [6.07, 6.45) is 1.22. The van der Waals surface area contributed by atoms with Crippen molar-refractivity contribution in [3.63, 3.8) is 0 Å². The van der Waals surface area contributed by atoms with E-state index in [1.54, 1.807) is 7.11 Å². The molecule has 9 nitrogen and oxygen atoms in total. The summed E-state index contributed by atoms with van der Waals surface area (Å²) in [6, 6.07) is 0. The van der Waals surface area contributed by atoms with Gasteiger partial charge in [-0.2, -0.15) is 0 Å². The number of hydrogen-bond donors (Lipinski definition) is 2. The molecule has 1 fully saturated rings. The Morgan fingerprint density at radius 1 is 0.880 bits per heavy atom. The molecule has 9 heteroatoms. The van der Waals surface area contributed by atoms with Gasteiger partial charge in [0.05, 0.1) is 58.3 Å². The third-order valence-electron chi connectivity index (χ3n) is 3.71. The SMILES string of the molecule is COCCOCCOCCOCCOCC(=O)NCC1(C(=O)O)CC1. The van der Waals surface area contributed by atoms with Crippen LogP contribution in [0.4, 0.5) is 0 Å². The summed E-state index contributed by atoms with van der Waals surface area (Å²) in [5.74, 6) is -1.17. The minimum Gasteiger partial charge on any atom is -0.481 e. The summed E-state index contributed by atoms with van der Waals surface area (Å²) in [5.41, 5.74) is -0.756. The van der Waals surface area contributed by atoms with Crippen molar-refractivity contribution in [2.75, 3.05) is 73.1 Å². The zero-order valence-electron chi connectivity index (χ0n) is 14.8. The molecule has 0 atom stereocenters. The second-order valence-electron chi connectivity index (χ2n) is 5.74. The van der Waals surface area contributed by atoms with Gasteiger partial charge < -0.3 is 34.1 Å². The first-order chi connectivity index (χ1) is 12.1. The normalized spacial score (nSPS) is 15.1. The molecule has 146 valence electrons. The Bertz CT molecular complexity index is 386. The number of amides is 1. The molecule has 0 spiro atoms. The smallest absolute Gasteiger partial charge is 0.311 e.